The molecule has 3 rings (SSSR count). The second kappa shape index (κ2) is 14.3. The Kier molecular flexibility index (Phi) is 10.8. The predicted molar refractivity (Wildman–Crippen MR) is 143 cm³/mol. The van der Waals surface area contributed by atoms with Gasteiger partial charge in [0.05, 0.1) is 6.42 Å². The van der Waals surface area contributed by atoms with Gasteiger partial charge in [-0.2, -0.15) is 0 Å². The van der Waals surface area contributed by atoms with Crippen molar-refractivity contribution in [3.8, 4) is 0 Å². The number of amides is 3. The number of nitrogens with zero attached hydrogens (tertiary/aromatic N) is 1. The Morgan fingerprint density at radius 2 is 1.63 bits per heavy atom. The summed E-state index contributed by atoms with van der Waals surface area (Å²) in [6, 6.07) is 10.0. The number of hydrogen-bond donors (Lipinski definition) is 3. The zero-order valence-electron chi connectivity index (χ0n) is 22.3. The van der Waals surface area contributed by atoms with Crippen molar-refractivity contribution in [2.24, 2.45) is 5.92 Å². The molecular formula is C29H38N4O5. The van der Waals surface area contributed by atoms with Crippen molar-refractivity contribution in [3.63, 3.8) is 0 Å². The molecule has 2 aromatic rings. The highest BCUT2D eigenvalue weighted by Crippen LogP contribution is 2.20. The molecule has 1 aromatic carbocycles. The van der Waals surface area contributed by atoms with E-state index >= 15 is 0 Å². The number of cyclic esters (lactones) is 1. The summed E-state index contributed by atoms with van der Waals surface area (Å²) in [5.41, 5.74) is 1.61. The summed E-state index contributed by atoms with van der Waals surface area (Å²) < 4.78 is 5.90. The predicted octanol–water partition coefficient (Wildman–Crippen LogP) is 2.48. The summed E-state index contributed by atoms with van der Waals surface area (Å²) in [6.07, 6.45) is 5.53. The minimum Gasteiger partial charge on any atom is -0.460 e. The summed E-state index contributed by atoms with van der Waals surface area (Å²) in [5, 5.41) is 8.24. The number of rotatable bonds is 8. The smallest absolute Gasteiger partial charge is 0.329 e. The van der Waals surface area contributed by atoms with Crippen LogP contribution in [0.3, 0.4) is 0 Å². The molecule has 0 unspecified atom stereocenters. The standard InChI is InChI=1S/C29H38N4O5/c1-4-5-10-19(2)25-17-26(34)32-23(15-21-11-7-6-8-12-21)28(36)31-20(3)27(35)33-24(29(37)38-25)16-22-13-9-14-30-18-22/h6-9,11-14,18-20,23-25H,4-5,10,15-17H2,1-3H3,(H,31,36)(H,32,34)(H,33,35)/t19-,20-,23-,24-,25-/m0/s1. The number of ether oxygens (including phenoxy) is 1. The van der Waals surface area contributed by atoms with Crippen molar-refractivity contribution in [1.82, 2.24) is 20.9 Å². The van der Waals surface area contributed by atoms with E-state index in [0.29, 0.717) is 0 Å². The third-order valence-electron chi connectivity index (χ3n) is 6.75. The molecule has 0 spiro atoms. The number of esters is 1. The third kappa shape index (κ3) is 8.68. The summed E-state index contributed by atoms with van der Waals surface area (Å²) in [6.45, 7) is 5.56. The van der Waals surface area contributed by atoms with Crippen LogP contribution in [0.1, 0.15) is 57.6 Å². The molecular weight excluding hydrogens is 484 g/mol. The lowest BCUT2D eigenvalue weighted by atomic mass is 9.95. The molecule has 0 aliphatic carbocycles. The van der Waals surface area contributed by atoms with Crippen LogP contribution in [-0.2, 0) is 36.8 Å². The van der Waals surface area contributed by atoms with Gasteiger partial charge in [0.2, 0.25) is 17.7 Å². The maximum Gasteiger partial charge on any atom is 0.329 e. The van der Waals surface area contributed by atoms with Gasteiger partial charge in [0.1, 0.15) is 24.2 Å². The van der Waals surface area contributed by atoms with Crippen molar-refractivity contribution >= 4 is 23.7 Å². The number of aromatic nitrogens is 1. The molecule has 9 heteroatoms. The van der Waals surface area contributed by atoms with Crippen LogP contribution < -0.4 is 16.0 Å². The first-order valence-electron chi connectivity index (χ1n) is 13.3. The summed E-state index contributed by atoms with van der Waals surface area (Å²) in [4.78, 5) is 56.9. The molecule has 1 aliphatic rings. The molecule has 0 saturated carbocycles. The normalized spacial score (nSPS) is 24.0. The molecule has 2 heterocycles. The molecule has 38 heavy (non-hydrogen) atoms. The van der Waals surface area contributed by atoms with Crippen molar-refractivity contribution in [1.29, 1.82) is 0 Å². The topological polar surface area (TPSA) is 126 Å². The fourth-order valence-corrected chi connectivity index (χ4v) is 4.42. The Morgan fingerprint density at radius 1 is 0.921 bits per heavy atom. The number of hydrogen-bond acceptors (Lipinski definition) is 6. The van der Waals surface area contributed by atoms with Gasteiger partial charge in [-0.15, -0.1) is 0 Å². The zero-order chi connectivity index (χ0) is 27.5. The van der Waals surface area contributed by atoms with Crippen LogP contribution in [0.5, 0.6) is 0 Å². The minimum atomic E-state index is -1.00. The van der Waals surface area contributed by atoms with Gasteiger partial charge in [0.25, 0.3) is 0 Å². The maximum atomic E-state index is 13.4. The molecule has 1 aromatic heterocycles. The van der Waals surface area contributed by atoms with Gasteiger partial charge in [-0.25, -0.2) is 4.79 Å². The Balaban J connectivity index is 1.90. The van der Waals surface area contributed by atoms with Gasteiger partial charge in [-0.1, -0.05) is 63.1 Å². The molecule has 1 saturated heterocycles. The van der Waals surface area contributed by atoms with Crippen molar-refractivity contribution in [2.75, 3.05) is 0 Å². The van der Waals surface area contributed by atoms with Crippen LogP contribution in [0.4, 0.5) is 0 Å². The average molecular weight is 523 g/mol. The fraction of sp³-hybridized carbons (Fsp3) is 0.483. The SMILES string of the molecule is CCCC[C@H](C)[C@@H]1CC(=O)N[C@@H](Cc2ccccc2)C(=O)N[C@@H](C)C(=O)N[C@@H](Cc2cccnc2)C(=O)O1. The van der Waals surface area contributed by atoms with Crippen LogP contribution in [0.2, 0.25) is 0 Å². The van der Waals surface area contributed by atoms with Gasteiger partial charge in [-0.05, 0) is 36.5 Å². The van der Waals surface area contributed by atoms with Crippen molar-refractivity contribution in [3.05, 3.63) is 66.0 Å². The van der Waals surface area contributed by atoms with Gasteiger partial charge in [0.15, 0.2) is 0 Å². The highest BCUT2D eigenvalue weighted by molar-refractivity contribution is 5.94. The quantitative estimate of drug-likeness (QED) is 0.457. The first kappa shape index (κ1) is 28.8. The lowest BCUT2D eigenvalue weighted by Gasteiger charge is -2.27. The molecule has 1 aliphatic heterocycles. The van der Waals surface area contributed by atoms with E-state index in [2.05, 4.69) is 27.9 Å². The number of carbonyl (C=O) groups is 4. The summed E-state index contributed by atoms with van der Waals surface area (Å²) >= 11 is 0. The number of benzene rings is 1. The van der Waals surface area contributed by atoms with Crippen LogP contribution in [0.25, 0.3) is 0 Å². The number of carbonyl (C=O) groups excluding carboxylic acids is 4. The van der Waals surface area contributed by atoms with E-state index in [1.807, 2.05) is 43.3 Å². The Morgan fingerprint density at radius 3 is 2.32 bits per heavy atom. The molecule has 3 N–H and O–H groups in total. The fourth-order valence-electron chi connectivity index (χ4n) is 4.42. The highest BCUT2D eigenvalue weighted by atomic mass is 16.5. The molecule has 9 nitrogen and oxygen atoms in total. The third-order valence-corrected chi connectivity index (χ3v) is 6.75. The van der Waals surface area contributed by atoms with E-state index in [1.165, 1.54) is 6.92 Å². The molecule has 0 bridgehead atoms. The Labute approximate surface area is 224 Å². The van der Waals surface area contributed by atoms with E-state index in [4.69, 9.17) is 4.74 Å². The molecule has 0 radical (unpaired) electrons. The number of pyridine rings is 1. The van der Waals surface area contributed by atoms with E-state index in [9.17, 15) is 19.2 Å². The van der Waals surface area contributed by atoms with E-state index in [1.54, 1.807) is 18.5 Å². The van der Waals surface area contributed by atoms with E-state index in [0.717, 1.165) is 30.4 Å². The minimum absolute atomic E-state index is 0.0850. The monoisotopic (exact) mass is 522 g/mol. The maximum absolute atomic E-state index is 13.4. The molecule has 5 atom stereocenters. The van der Waals surface area contributed by atoms with Gasteiger partial charge in [-0.3, -0.25) is 19.4 Å². The van der Waals surface area contributed by atoms with E-state index < -0.39 is 47.9 Å². The van der Waals surface area contributed by atoms with Gasteiger partial charge in [0, 0.05) is 25.2 Å². The molecule has 1 fully saturated rings. The largest absolute Gasteiger partial charge is 0.460 e. The highest BCUT2D eigenvalue weighted by Gasteiger charge is 2.33. The van der Waals surface area contributed by atoms with Crippen molar-refractivity contribution in [2.45, 2.75) is 83.5 Å². The van der Waals surface area contributed by atoms with E-state index in [-0.39, 0.29) is 25.2 Å². The summed E-state index contributed by atoms with van der Waals surface area (Å²) in [7, 11) is 0. The lowest BCUT2D eigenvalue weighted by Crippen LogP contribution is -2.55. The van der Waals surface area contributed by atoms with Gasteiger partial charge < -0.3 is 20.7 Å². The first-order chi connectivity index (χ1) is 18.3. The summed E-state index contributed by atoms with van der Waals surface area (Å²) in [5.74, 6) is -2.11. The average Bonchev–Trinajstić information content (AvgIpc) is 2.91. The Bertz CT molecular complexity index is 1080. The molecule has 3 amide bonds. The second-order valence-electron chi connectivity index (χ2n) is 9.97. The van der Waals surface area contributed by atoms with Crippen molar-refractivity contribution < 1.29 is 23.9 Å². The van der Waals surface area contributed by atoms with Gasteiger partial charge >= 0.3 is 5.97 Å². The lowest BCUT2D eigenvalue weighted by molar-refractivity contribution is -0.157. The van der Waals surface area contributed by atoms with Crippen LogP contribution >= 0.6 is 0 Å². The second-order valence-corrected chi connectivity index (χ2v) is 9.97. The van der Waals surface area contributed by atoms with Crippen LogP contribution in [0, 0.1) is 5.92 Å². The van der Waals surface area contributed by atoms with Crippen LogP contribution in [-0.4, -0.2) is 52.9 Å². The number of unbranched alkanes of at least 4 members (excludes halogenated alkanes) is 1. The van der Waals surface area contributed by atoms with Crippen LogP contribution in [0.15, 0.2) is 54.9 Å². The first-order valence-corrected chi connectivity index (χ1v) is 13.3. The zero-order valence-corrected chi connectivity index (χ0v) is 22.3. The molecule has 204 valence electrons. The Hall–Kier alpha value is -3.75. The number of nitrogens with one attached hydrogen (secondary N) is 3.